The van der Waals surface area contributed by atoms with Gasteiger partial charge in [-0.1, -0.05) is 12.1 Å². The van der Waals surface area contributed by atoms with E-state index in [1.54, 1.807) is 24.3 Å². The Balaban J connectivity index is 1.80. The number of phenolic OH excluding ortho intramolecular Hbond substituents is 1. The summed E-state index contributed by atoms with van der Waals surface area (Å²) in [6.45, 7) is -0.849. The highest BCUT2D eigenvalue weighted by molar-refractivity contribution is 5.77. The van der Waals surface area contributed by atoms with Gasteiger partial charge in [0.1, 0.15) is 5.75 Å². The van der Waals surface area contributed by atoms with Crippen LogP contribution >= 0.6 is 0 Å². The number of hydrogen-bond donors (Lipinski definition) is 3. The van der Waals surface area contributed by atoms with Gasteiger partial charge in [-0.3, -0.25) is 4.79 Å². The molecule has 9 heteroatoms. The summed E-state index contributed by atoms with van der Waals surface area (Å²) in [7, 11) is 0. The number of aromatic hydroxyl groups is 1. The summed E-state index contributed by atoms with van der Waals surface area (Å²) in [5.41, 5.74) is 0.955. The van der Waals surface area contributed by atoms with Gasteiger partial charge >= 0.3 is 18.2 Å². The average molecular weight is 360 g/mol. The lowest BCUT2D eigenvalue weighted by atomic mass is 9.96. The van der Waals surface area contributed by atoms with Crippen LogP contribution in [0.4, 0.5) is 18.0 Å². The van der Waals surface area contributed by atoms with E-state index in [4.69, 9.17) is 5.11 Å². The van der Waals surface area contributed by atoms with Crippen molar-refractivity contribution in [1.82, 2.24) is 10.2 Å². The Morgan fingerprint density at radius 2 is 1.84 bits per heavy atom. The predicted molar refractivity (Wildman–Crippen MR) is 82.1 cm³/mol. The second-order valence-electron chi connectivity index (χ2n) is 6.00. The molecular weight excluding hydrogens is 341 g/mol. The molecule has 2 rings (SSSR count). The van der Waals surface area contributed by atoms with E-state index in [0.29, 0.717) is 12.8 Å². The van der Waals surface area contributed by atoms with E-state index < -0.39 is 43.1 Å². The molecule has 1 saturated heterocycles. The van der Waals surface area contributed by atoms with Crippen molar-refractivity contribution in [2.24, 2.45) is 11.8 Å². The molecule has 1 aliphatic heterocycles. The molecule has 1 fully saturated rings. The van der Waals surface area contributed by atoms with Gasteiger partial charge in [0.25, 0.3) is 0 Å². The standard InChI is InChI=1S/C16H19F3N2O4/c17-16(18,19)13-9-21(8-12(13)14(23)24)15(25)20-7-1-2-10-3-5-11(22)6-4-10/h3-6,12-13,22H,1-2,7-9H2,(H,20,25)(H,23,24)/t12-,13-/m1/s1. The van der Waals surface area contributed by atoms with Gasteiger partial charge in [0.2, 0.25) is 0 Å². The first kappa shape index (κ1) is 18.9. The molecule has 0 aromatic heterocycles. The molecule has 0 radical (unpaired) electrons. The fourth-order valence-corrected chi connectivity index (χ4v) is 2.81. The molecule has 2 atom stereocenters. The van der Waals surface area contributed by atoms with Crippen molar-refractivity contribution in [3.63, 3.8) is 0 Å². The number of hydrogen-bond acceptors (Lipinski definition) is 3. The highest BCUT2D eigenvalue weighted by Crippen LogP contribution is 2.37. The van der Waals surface area contributed by atoms with Gasteiger partial charge in [-0.05, 0) is 30.5 Å². The normalized spacial score (nSPS) is 20.5. The van der Waals surface area contributed by atoms with Crippen LogP contribution in [-0.2, 0) is 11.2 Å². The Labute approximate surface area is 142 Å². The molecule has 0 saturated carbocycles. The summed E-state index contributed by atoms with van der Waals surface area (Å²) in [4.78, 5) is 23.9. The number of phenols is 1. The van der Waals surface area contributed by atoms with Crippen molar-refractivity contribution in [1.29, 1.82) is 0 Å². The summed E-state index contributed by atoms with van der Waals surface area (Å²) < 4.78 is 38.7. The van der Waals surface area contributed by atoms with Gasteiger partial charge in [-0.15, -0.1) is 0 Å². The van der Waals surface area contributed by atoms with Crippen LogP contribution in [0.15, 0.2) is 24.3 Å². The van der Waals surface area contributed by atoms with Gasteiger partial charge < -0.3 is 20.4 Å². The molecule has 0 bridgehead atoms. The molecule has 0 aliphatic carbocycles. The van der Waals surface area contributed by atoms with Gasteiger partial charge in [0.15, 0.2) is 0 Å². The largest absolute Gasteiger partial charge is 0.508 e. The maximum atomic E-state index is 12.9. The maximum Gasteiger partial charge on any atom is 0.394 e. The van der Waals surface area contributed by atoms with E-state index >= 15 is 0 Å². The Hall–Kier alpha value is -2.45. The summed E-state index contributed by atoms with van der Waals surface area (Å²) in [6, 6.07) is 5.87. The maximum absolute atomic E-state index is 12.9. The van der Waals surface area contributed by atoms with Crippen molar-refractivity contribution in [3.05, 3.63) is 29.8 Å². The van der Waals surface area contributed by atoms with Gasteiger partial charge in [-0.25, -0.2) is 4.79 Å². The van der Waals surface area contributed by atoms with E-state index in [9.17, 15) is 27.9 Å². The first-order valence-corrected chi connectivity index (χ1v) is 7.78. The molecule has 0 unspecified atom stereocenters. The summed E-state index contributed by atoms with van der Waals surface area (Å²) >= 11 is 0. The number of nitrogens with one attached hydrogen (secondary N) is 1. The minimum absolute atomic E-state index is 0.151. The zero-order valence-electron chi connectivity index (χ0n) is 13.3. The minimum atomic E-state index is -4.66. The first-order valence-electron chi connectivity index (χ1n) is 7.78. The number of urea groups is 1. The summed E-state index contributed by atoms with van der Waals surface area (Å²) in [5, 5.41) is 20.6. The SMILES string of the molecule is O=C(O)[C@@H]1CN(C(=O)NCCCc2ccc(O)cc2)C[C@H]1C(F)(F)F. The van der Waals surface area contributed by atoms with Crippen molar-refractivity contribution in [2.75, 3.05) is 19.6 Å². The van der Waals surface area contributed by atoms with E-state index in [1.165, 1.54) is 0 Å². The summed E-state index contributed by atoms with van der Waals surface area (Å²) in [6.07, 6.45) is -3.46. The highest BCUT2D eigenvalue weighted by Gasteiger charge is 2.53. The number of halogens is 3. The van der Waals surface area contributed by atoms with Gasteiger partial charge in [0.05, 0.1) is 11.8 Å². The monoisotopic (exact) mass is 360 g/mol. The quantitative estimate of drug-likeness (QED) is 0.703. The van der Waals surface area contributed by atoms with Crippen LogP contribution in [0.5, 0.6) is 5.75 Å². The number of alkyl halides is 3. The number of benzene rings is 1. The van der Waals surface area contributed by atoms with Crippen LogP contribution in [-0.4, -0.2) is 52.9 Å². The minimum Gasteiger partial charge on any atom is -0.508 e. The number of nitrogens with zero attached hydrogens (tertiary/aromatic N) is 1. The van der Waals surface area contributed by atoms with Crippen molar-refractivity contribution >= 4 is 12.0 Å². The number of carboxylic acid groups (broad SMARTS) is 1. The highest BCUT2D eigenvalue weighted by atomic mass is 19.4. The number of likely N-dealkylation sites (tertiary alicyclic amines) is 1. The molecular formula is C16H19F3N2O4. The lowest BCUT2D eigenvalue weighted by Gasteiger charge is -2.18. The third kappa shape index (κ3) is 5.01. The van der Waals surface area contributed by atoms with Crippen LogP contribution in [0, 0.1) is 11.8 Å². The van der Waals surface area contributed by atoms with Crippen molar-refractivity contribution in [2.45, 2.75) is 19.0 Å². The van der Waals surface area contributed by atoms with E-state index in [1.807, 2.05) is 0 Å². The number of carboxylic acids is 1. The van der Waals surface area contributed by atoms with E-state index in [2.05, 4.69) is 5.32 Å². The molecule has 1 aromatic carbocycles. The third-order valence-corrected chi connectivity index (χ3v) is 4.20. The van der Waals surface area contributed by atoms with Crippen molar-refractivity contribution in [3.8, 4) is 5.75 Å². The number of rotatable bonds is 5. The molecule has 2 amide bonds. The molecule has 6 nitrogen and oxygen atoms in total. The lowest BCUT2D eigenvalue weighted by Crippen LogP contribution is -2.40. The average Bonchev–Trinajstić information content (AvgIpc) is 2.99. The molecule has 1 heterocycles. The smallest absolute Gasteiger partial charge is 0.394 e. The Morgan fingerprint density at radius 1 is 1.20 bits per heavy atom. The molecule has 1 aromatic rings. The van der Waals surface area contributed by atoms with Crippen LogP contribution in [0.3, 0.4) is 0 Å². The van der Waals surface area contributed by atoms with Gasteiger partial charge in [0, 0.05) is 19.6 Å². The molecule has 25 heavy (non-hydrogen) atoms. The first-order chi connectivity index (χ1) is 11.7. The zero-order valence-corrected chi connectivity index (χ0v) is 13.3. The van der Waals surface area contributed by atoms with Crippen LogP contribution in [0.25, 0.3) is 0 Å². The topological polar surface area (TPSA) is 89.9 Å². The Kier molecular flexibility index (Phi) is 5.76. The third-order valence-electron chi connectivity index (χ3n) is 4.20. The van der Waals surface area contributed by atoms with Crippen molar-refractivity contribution < 1.29 is 33.0 Å². The summed E-state index contributed by atoms with van der Waals surface area (Å²) in [5.74, 6) is -5.08. The lowest BCUT2D eigenvalue weighted by molar-refractivity contribution is -0.187. The fraction of sp³-hybridized carbons (Fsp3) is 0.500. The second-order valence-corrected chi connectivity index (χ2v) is 6.00. The van der Waals surface area contributed by atoms with E-state index in [-0.39, 0.29) is 12.3 Å². The number of carbonyl (C=O) groups is 2. The Morgan fingerprint density at radius 3 is 2.36 bits per heavy atom. The molecule has 138 valence electrons. The van der Waals surface area contributed by atoms with E-state index in [0.717, 1.165) is 10.5 Å². The van der Waals surface area contributed by atoms with Crippen LogP contribution < -0.4 is 5.32 Å². The molecule has 3 N–H and O–H groups in total. The fourth-order valence-electron chi connectivity index (χ4n) is 2.81. The molecule has 0 spiro atoms. The predicted octanol–water partition coefficient (Wildman–Crippen LogP) is 2.23. The Bertz CT molecular complexity index is 619. The van der Waals surface area contributed by atoms with Crippen LogP contribution in [0.2, 0.25) is 0 Å². The van der Waals surface area contributed by atoms with Gasteiger partial charge in [-0.2, -0.15) is 13.2 Å². The number of amides is 2. The zero-order chi connectivity index (χ0) is 18.6. The number of aryl methyl sites for hydroxylation is 1. The molecule has 1 aliphatic rings. The number of carbonyl (C=O) groups excluding carboxylic acids is 1. The second kappa shape index (κ2) is 7.62. The van der Waals surface area contributed by atoms with Crippen LogP contribution in [0.1, 0.15) is 12.0 Å². The number of aliphatic carboxylic acids is 1.